The zero-order valence-electron chi connectivity index (χ0n) is 10.8. The van der Waals surface area contributed by atoms with Crippen molar-refractivity contribution in [3.63, 3.8) is 0 Å². The first kappa shape index (κ1) is 14.3. The highest BCUT2D eigenvalue weighted by molar-refractivity contribution is 7.99. The van der Waals surface area contributed by atoms with E-state index < -0.39 is 0 Å². The van der Waals surface area contributed by atoms with Crippen molar-refractivity contribution in [1.82, 2.24) is 10.6 Å². The lowest BCUT2D eigenvalue weighted by atomic mass is 10.1. The van der Waals surface area contributed by atoms with Gasteiger partial charge in [-0.1, -0.05) is 13.8 Å². The molecule has 1 fully saturated rings. The minimum Gasteiger partial charge on any atom is -0.379 e. The van der Waals surface area contributed by atoms with Gasteiger partial charge in [0.05, 0.1) is 13.2 Å². The second-order valence-corrected chi connectivity index (χ2v) is 6.42. The predicted octanol–water partition coefficient (Wildman–Crippen LogP) is 1.48. The molecule has 0 saturated carbocycles. The van der Waals surface area contributed by atoms with Gasteiger partial charge in [0.1, 0.15) is 0 Å². The van der Waals surface area contributed by atoms with E-state index in [1.165, 1.54) is 5.75 Å². The second kappa shape index (κ2) is 8.34. The number of hydrogen-bond acceptors (Lipinski definition) is 4. The molecule has 0 bridgehead atoms. The Labute approximate surface area is 104 Å². The topological polar surface area (TPSA) is 33.3 Å². The summed E-state index contributed by atoms with van der Waals surface area (Å²) in [6.07, 6.45) is 1.16. The van der Waals surface area contributed by atoms with Gasteiger partial charge in [-0.05, 0) is 18.6 Å². The average Bonchev–Trinajstić information content (AvgIpc) is 2.25. The van der Waals surface area contributed by atoms with Crippen LogP contribution >= 0.6 is 11.8 Å². The fourth-order valence-corrected chi connectivity index (χ4v) is 2.59. The number of nitrogens with one attached hydrogen (secondary N) is 2. The third-order valence-electron chi connectivity index (χ3n) is 2.68. The molecule has 1 rings (SSSR count). The SMILES string of the molecule is CC(CC1COCCN1)NCCSC(C)C. The number of morpholine rings is 1. The van der Waals surface area contributed by atoms with Crippen molar-refractivity contribution in [3.8, 4) is 0 Å². The van der Waals surface area contributed by atoms with Crippen LogP contribution in [0.1, 0.15) is 27.2 Å². The molecular weight excluding hydrogens is 220 g/mol. The zero-order valence-corrected chi connectivity index (χ0v) is 11.6. The highest BCUT2D eigenvalue weighted by Gasteiger charge is 2.15. The first-order valence-corrected chi connectivity index (χ1v) is 7.39. The Hall–Kier alpha value is 0.230. The first-order chi connectivity index (χ1) is 7.68. The largest absolute Gasteiger partial charge is 0.379 e. The van der Waals surface area contributed by atoms with Crippen LogP contribution in [0.2, 0.25) is 0 Å². The normalized spacial score (nSPS) is 23.6. The van der Waals surface area contributed by atoms with E-state index in [0.717, 1.165) is 38.0 Å². The van der Waals surface area contributed by atoms with E-state index >= 15 is 0 Å². The molecule has 2 unspecified atom stereocenters. The zero-order chi connectivity index (χ0) is 11.8. The molecule has 1 aliphatic rings. The molecule has 96 valence electrons. The highest BCUT2D eigenvalue weighted by Crippen LogP contribution is 2.08. The Morgan fingerprint density at radius 1 is 1.44 bits per heavy atom. The molecule has 0 aromatic rings. The minimum absolute atomic E-state index is 0.536. The van der Waals surface area contributed by atoms with Crippen LogP contribution in [0.15, 0.2) is 0 Å². The van der Waals surface area contributed by atoms with Crippen LogP contribution in [0.4, 0.5) is 0 Å². The Balaban J connectivity index is 1.99. The van der Waals surface area contributed by atoms with Crippen LogP contribution in [0.3, 0.4) is 0 Å². The monoisotopic (exact) mass is 246 g/mol. The summed E-state index contributed by atoms with van der Waals surface area (Å²) in [5.74, 6) is 1.20. The smallest absolute Gasteiger partial charge is 0.0620 e. The first-order valence-electron chi connectivity index (χ1n) is 6.34. The summed E-state index contributed by atoms with van der Waals surface area (Å²) in [4.78, 5) is 0. The van der Waals surface area contributed by atoms with Crippen molar-refractivity contribution in [1.29, 1.82) is 0 Å². The Kier molecular flexibility index (Phi) is 7.45. The number of hydrogen-bond donors (Lipinski definition) is 2. The fourth-order valence-electron chi connectivity index (χ4n) is 1.88. The van der Waals surface area contributed by atoms with E-state index in [2.05, 4.69) is 31.4 Å². The van der Waals surface area contributed by atoms with Crippen LogP contribution in [0, 0.1) is 0 Å². The van der Waals surface area contributed by atoms with Crippen LogP contribution in [-0.4, -0.2) is 49.4 Å². The maximum atomic E-state index is 5.45. The number of rotatable bonds is 7. The lowest BCUT2D eigenvalue weighted by Crippen LogP contribution is -2.45. The van der Waals surface area contributed by atoms with Gasteiger partial charge in [-0.2, -0.15) is 11.8 Å². The summed E-state index contributed by atoms with van der Waals surface area (Å²) >= 11 is 2.02. The van der Waals surface area contributed by atoms with Gasteiger partial charge in [0, 0.05) is 30.9 Å². The van der Waals surface area contributed by atoms with Crippen molar-refractivity contribution >= 4 is 11.8 Å². The average molecular weight is 246 g/mol. The minimum atomic E-state index is 0.536. The van der Waals surface area contributed by atoms with Gasteiger partial charge >= 0.3 is 0 Å². The van der Waals surface area contributed by atoms with Gasteiger partial charge in [0.25, 0.3) is 0 Å². The molecule has 0 aromatic heterocycles. The Morgan fingerprint density at radius 2 is 2.25 bits per heavy atom. The summed E-state index contributed by atoms with van der Waals surface area (Å²) in [7, 11) is 0. The Bertz CT molecular complexity index is 172. The molecule has 0 spiro atoms. The summed E-state index contributed by atoms with van der Waals surface area (Å²) in [5, 5.41) is 7.80. The third-order valence-corrected chi connectivity index (χ3v) is 3.79. The van der Waals surface area contributed by atoms with E-state index in [-0.39, 0.29) is 0 Å². The summed E-state index contributed by atoms with van der Waals surface area (Å²) in [5.41, 5.74) is 0. The van der Waals surface area contributed by atoms with Gasteiger partial charge in [-0.25, -0.2) is 0 Å². The van der Waals surface area contributed by atoms with E-state index in [4.69, 9.17) is 4.74 Å². The lowest BCUT2D eigenvalue weighted by molar-refractivity contribution is 0.0713. The van der Waals surface area contributed by atoms with Gasteiger partial charge in [0.2, 0.25) is 0 Å². The molecule has 0 radical (unpaired) electrons. The molecule has 0 aliphatic carbocycles. The van der Waals surface area contributed by atoms with Crippen LogP contribution in [0.5, 0.6) is 0 Å². The number of thioether (sulfide) groups is 1. The molecule has 1 saturated heterocycles. The van der Waals surface area contributed by atoms with Gasteiger partial charge in [0.15, 0.2) is 0 Å². The van der Waals surface area contributed by atoms with Gasteiger partial charge in [-0.3, -0.25) is 0 Å². The molecule has 2 atom stereocenters. The van der Waals surface area contributed by atoms with Gasteiger partial charge < -0.3 is 15.4 Å². The quantitative estimate of drug-likeness (QED) is 0.667. The molecule has 1 aliphatic heterocycles. The molecule has 0 amide bonds. The van der Waals surface area contributed by atoms with Crippen molar-refractivity contribution in [2.75, 3.05) is 32.1 Å². The predicted molar refractivity (Wildman–Crippen MR) is 72.3 cm³/mol. The fraction of sp³-hybridized carbons (Fsp3) is 1.00. The van der Waals surface area contributed by atoms with Crippen molar-refractivity contribution in [2.45, 2.75) is 44.5 Å². The van der Waals surface area contributed by atoms with E-state index in [1.54, 1.807) is 0 Å². The molecule has 16 heavy (non-hydrogen) atoms. The third kappa shape index (κ3) is 6.74. The van der Waals surface area contributed by atoms with Crippen molar-refractivity contribution in [3.05, 3.63) is 0 Å². The molecule has 4 heteroatoms. The van der Waals surface area contributed by atoms with Crippen LogP contribution < -0.4 is 10.6 Å². The lowest BCUT2D eigenvalue weighted by Gasteiger charge is -2.26. The summed E-state index contributed by atoms with van der Waals surface area (Å²) in [6, 6.07) is 1.11. The summed E-state index contributed by atoms with van der Waals surface area (Å²) < 4.78 is 5.45. The van der Waals surface area contributed by atoms with Crippen LogP contribution in [0.25, 0.3) is 0 Å². The Morgan fingerprint density at radius 3 is 2.88 bits per heavy atom. The van der Waals surface area contributed by atoms with Crippen molar-refractivity contribution < 1.29 is 4.74 Å². The van der Waals surface area contributed by atoms with Crippen molar-refractivity contribution in [2.24, 2.45) is 0 Å². The summed E-state index contributed by atoms with van der Waals surface area (Å²) in [6.45, 7) is 10.6. The van der Waals surface area contributed by atoms with E-state index in [0.29, 0.717) is 12.1 Å². The highest BCUT2D eigenvalue weighted by atomic mass is 32.2. The van der Waals surface area contributed by atoms with Gasteiger partial charge in [-0.15, -0.1) is 0 Å². The van der Waals surface area contributed by atoms with E-state index in [1.807, 2.05) is 11.8 Å². The molecular formula is C12H26N2OS. The maximum absolute atomic E-state index is 5.45. The second-order valence-electron chi connectivity index (χ2n) is 4.74. The van der Waals surface area contributed by atoms with E-state index in [9.17, 15) is 0 Å². The number of ether oxygens (including phenoxy) is 1. The maximum Gasteiger partial charge on any atom is 0.0620 e. The molecule has 2 N–H and O–H groups in total. The van der Waals surface area contributed by atoms with Crippen LogP contribution in [-0.2, 0) is 4.74 Å². The molecule has 0 aromatic carbocycles. The molecule has 1 heterocycles. The molecule has 3 nitrogen and oxygen atoms in total. The standard InChI is InChI=1S/C12H26N2OS/c1-10(2)16-7-5-13-11(3)8-12-9-15-6-4-14-12/h10-14H,4-9H2,1-3H3.